The smallest absolute Gasteiger partial charge is 0.128 e. The molecule has 12 heavy (non-hydrogen) atoms. The zero-order valence-corrected chi connectivity index (χ0v) is 7.56. The largest absolute Gasteiger partial charge is 0.496 e. The Bertz CT molecular complexity index is 408. The zero-order valence-electron chi connectivity index (χ0n) is 6.66. The summed E-state index contributed by atoms with van der Waals surface area (Å²) in [6.07, 6.45) is 0. The lowest BCUT2D eigenvalue weighted by Gasteiger charge is -1.99. The monoisotopic (exact) mass is 179 g/mol. The maximum Gasteiger partial charge on any atom is 0.128 e. The Labute approximate surface area is 76.0 Å². The summed E-state index contributed by atoms with van der Waals surface area (Å²) >= 11 is 4.22. The number of H-pyrrole nitrogens is 1. The van der Waals surface area contributed by atoms with Crippen molar-refractivity contribution in [2.75, 3.05) is 7.11 Å². The van der Waals surface area contributed by atoms with Crippen molar-refractivity contribution < 1.29 is 4.74 Å². The number of hydrogen-bond acceptors (Lipinski definition) is 2. The van der Waals surface area contributed by atoms with E-state index in [9.17, 15) is 0 Å². The molecule has 0 fully saturated rings. The first-order valence-corrected chi connectivity index (χ1v) is 4.10. The number of aromatic nitrogens is 1. The van der Waals surface area contributed by atoms with E-state index in [0.29, 0.717) is 0 Å². The number of benzene rings is 1. The van der Waals surface area contributed by atoms with Crippen molar-refractivity contribution in [2.45, 2.75) is 5.03 Å². The lowest BCUT2D eigenvalue weighted by Crippen LogP contribution is -1.81. The maximum absolute atomic E-state index is 5.19. The Kier molecular flexibility index (Phi) is 1.73. The summed E-state index contributed by atoms with van der Waals surface area (Å²) in [6.45, 7) is 0. The predicted octanol–water partition coefficient (Wildman–Crippen LogP) is 2.47. The number of rotatable bonds is 1. The molecule has 2 aromatic rings. The Morgan fingerprint density at radius 2 is 2.25 bits per heavy atom. The molecule has 0 aliphatic carbocycles. The molecule has 1 aromatic carbocycles. The van der Waals surface area contributed by atoms with Gasteiger partial charge in [0, 0.05) is 10.9 Å². The van der Waals surface area contributed by atoms with Crippen molar-refractivity contribution in [1.82, 2.24) is 4.98 Å². The van der Waals surface area contributed by atoms with E-state index in [4.69, 9.17) is 4.74 Å². The quantitative estimate of drug-likeness (QED) is 0.646. The molecular formula is C9H9NOS. The van der Waals surface area contributed by atoms with E-state index in [0.717, 1.165) is 21.7 Å². The molecule has 0 atom stereocenters. The van der Waals surface area contributed by atoms with Crippen LogP contribution in [0.2, 0.25) is 0 Å². The van der Waals surface area contributed by atoms with Crippen LogP contribution in [0.1, 0.15) is 0 Å². The van der Waals surface area contributed by atoms with Gasteiger partial charge in [0.15, 0.2) is 0 Å². The average Bonchev–Trinajstić information content (AvgIpc) is 2.44. The Hall–Kier alpha value is -1.09. The van der Waals surface area contributed by atoms with E-state index in [1.165, 1.54) is 0 Å². The van der Waals surface area contributed by atoms with Gasteiger partial charge in [-0.15, -0.1) is 12.6 Å². The second-order valence-electron chi connectivity index (χ2n) is 2.58. The van der Waals surface area contributed by atoms with Crippen LogP contribution in [0.5, 0.6) is 5.75 Å². The third kappa shape index (κ3) is 1.06. The fourth-order valence-electron chi connectivity index (χ4n) is 1.29. The van der Waals surface area contributed by atoms with Crippen LogP contribution < -0.4 is 4.74 Å². The molecular weight excluding hydrogens is 170 g/mol. The second-order valence-corrected chi connectivity index (χ2v) is 3.06. The fraction of sp³-hybridized carbons (Fsp3) is 0.111. The van der Waals surface area contributed by atoms with Gasteiger partial charge in [0.05, 0.1) is 12.1 Å². The normalized spacial score (nSPS) is 10.5. The molecule has 62 valence electrons. The van der Waals surface area contributed by atoms with E-state index < -0.39 is 0 Å². The Balaban J connectivity index is 2.78. The molecule has 0 bridgehead atoms. The van der Waals surface area contributed by atoms with Gasteiger partial charge in [0.25, 0.3) is 0 Å². The van der Waals surface area contributed by atoms with Gasteiger partial charge in [-0.3, -0.25) is 0 Å². The molecule has 1 aromatic heterocycles. The molecule has 1 N–H and O–H groups in total. The van der Waals surface area contributed by atoms with E-state index in [-0.39, 0.29) is 0 Å². The van der Waals surface area contributed by atoms with E-state index in [2.05, 4.69) is 17.6 Å². The predicted molar refractivity (Wildman–Crippen MR) is 52.1 cm³/mol. The maximum atomic E-state index is 5.19. The highest BCUT2D eigenvalue weighted by Gasteiger charge is 2.02. The number of nitrogens with one attached hydrogen (secondary N) is 1. The summed E-state index contributed by atoms with van der Waals surface area (Å²) in [4.78, 5) is 3.12. The minimum Gasteiger partial charge on any atom is -0.496 e. The number of thiol groups is 1. The topological polar surface area (TPSA) is 25.0 Å². The highest BCUT2D eigenvalue weighted by Crippen LogP contribution is 2.26. The molecule has 0 saturated heterocycles. The molecule has 2 rings (SSSR count). The first-order valence-electron chi connectivity index (χ1n) is 3.66. The number of methoxy groups -OCH3 is 1. The van der Waals surface area contributed by atoms with E-state index in [1.54, 1.807) is 7.11 Å². The molecule has 0 amide bonds. The van der Waals surface area contributed by atoms with Gasteiger partial charge < -0.3 is 9.72 Å². The van der Waals surface area contributed by atoms with Gasteiger partial charge in [0.2, 0.25) is 0 Å². The number of aromatic amines is 1. The lowest BCUT2D eigenvalue weighted by molar-refractivity contribution is 0.420. The molecule has 0 unspecified atom stereocenters. The molecule has 3 heteroatoms. The molecule has 0 aliphatic heterocycles. The third-order valence-electron chi connectivity index (χ3n) is 1.83. The van der Waals surface area contributed by atoms with Crippen molar-refractivity contribution in [3.63, 3.8) is 0 Å². The van der Waals surface area contributed by atoms with Crippen LogP contribution in [0.25, 0.3) is 10.9 Å². The van der Waals surface area contributed by atoms with Crippen LogP contribution in [-0.4, -0.2) is 12.1 Å². The number of ether oxygens (including phenoxy) is 1. The molecule has 1 heterocycles. The molecule has 0 aliphatic rings. The van der Waals surface area contributed by atoms with Gasteiger partial charge >= 0.3 is 0 Å². The summed E-state index contributed by atoms with van der Waals surface area (Å²) in [5, 5.41) is 1.93. The van der Waals surface area contributed by atoms with Crippen molar-refractivity contribution in [3.8, 4) is 5.75 Å². The van der Waals surface area contributed by atoms with Crippen molar-refractivity contribution in [1.29, 1.82) is 0 Å². The van der Waals surface area contributed by atoms with Gasteiger partial charge in [0.1, 0.15) is 5.75 Å². The van der Waals surface area contributed by atoms with Crippen LogP contribution in [0.4, 0.5) is 0 Å². The van der Waals surface area contributed by atoms with Gasteiger partial charge in [-0.25, -0.2) is 0 Å². The number of hydrogen-bond donors (Lipinski definition) is 2. The minimum absolute atomic E-state index is 0.856. The highest BCUT2D eigenvalue weighted by atomic mass is 32.1. The molecule has 2 nitrogen and oxygen atoms in total. The van der Waals surface area contributed by atoms with Gasteiger partial charge in [-0.2, -0.15) is 0 Å². The second kappa shape index (κ2) is 2.75. The molecule has 0 radical (unpaired) electrons. The lowest BCUT2D eigenvalue weighted by atomic mass is 10.2. The third-order valence-corrected chi connectivity index (χ3v) is 2.07. The van der Waals surface area contributed by atoms with E-state index >= 15 is 0 Å². The standard InChI is InChI=1S/C9H9NOS/c1-11-8-4-2-3-7-6(8)5-9(12)10-7/h2-5,10,12H,1H3. The average molecular weight is 179 g/mol. The van der Waals surface area contributed by atoms with Crippen LogP contribution >= 0.6 is 12.6 Å². The van der Waals surface area contributed by atoms with Crippen molar-refractivity contribution in [2.24, 2.45) is 0 Å². The van der Waals surface area contributed by atoms with Crippen LogP contribution in [0, 0.1) is 0 Å². The van der Waals surface area contributed by atoms with Crippen LogP contribution in [0.3, 0.4) is 0 Å². The van der Waals surface area contributed by atoms with Crippen LogP contribution in [0.15, 0.2) is 29.3 Å². The first-order chi connectivity index (χ1) is 5.81. The van der Waals surface area contributed by atoms with Crippen LogP contribution in [-0.2, 0) is 0 Å². The first kappa shape index (κ1) is 7.55. The Morgan fingerprint density at radius 1 is 1.42 bits per heavy atom. The molecule has 0 spiro atoms. The van der Waals surface area contributed by atoms with Gasteiger partial charge in [-0.1, -0.05) is 6.07 Å². The summed E-state index contributed by atoms with van der Waals surface area (Å²) < 4.78 is 5.19. The molecule has 0 saturated carbocycles. The summed E-state index contributed by atoms with van der Waals surface area (Å²) in [7, 11) is 1.67. The van der Waals surface area contributed by atoms with Gasteiger partial charge in [-0.05, 0) is 18.2 Å². The SMILES string of the molecule is COc1cccc2[nH]c(S)cc12. The zero-order chi connectivity index (χ0) is 8.55. The van der Waals surface area contributed by atoms with Crippen molar-refractivity contribution in [3.05, 3.63) is 24.3 Å². The highest BCUT2D eigenvalue weighted by molar-refractivity contribution is 7.80. The Morgan fingerprint density at radius 3 is 3.00 bits per heavy atom. The summed E-state index contributed by atoms with van der Waals surface area (Å²) in [5.41, 5.74) is 1.05. The minimum atomic E-state index is 0.856. The summed E-state index contributed by atoms with van der Waals surface area (Å²) in [5.74, 6) is 0.879. The van der Waals surface area contributed by atoms with Crippen molar-refractivity contribution >= 4 is 23.5 Å². The fourth-order valence-corrected chi connectivity index (χ4v) is 1.54. The number of fused-ring (bicyclic) bond motifs is 1. The summed E-state index contributed by atoms with van der Waals surface area (Å²) in [6, 6.07) is 7.84. The van der Waals surface area contributed by atoms with E-state index in [1.807, 2.05) is 24.3 Å².